The lowest BCUT2D eigenvalue weighted by Gasteiger charge is -2.41. The number of fused-ring (bicyclic) bond motifs is 1. The standard InChI is InChI=1S/C9H15N3OS/c10-9(14)12-4-3-7-6(5-12)1-2-8(13)11-7/h6-7H,1-5H2,(H2,10,14)(H,11,13). The molecule has 0 aromatic heterocycles. The van der Waals surface area contributed by atoms with Gasteiger partial charge in [0.25, 0.3) is 0 Å². The summed E-state index contributed by atoms with van der Waals surface area (Å²) in [4.78, 5) is 13.2. The van der Waals surface area contributed by atoms with Crippen molar-refractivity contribution in [1.29, 1.82) is 0 Å². The summed E-state index contributed by atoms with van der Waals surface area (Å²) in [5, 5.41) is 3.51. The fraction of sp³-hybridized carbons (Fsp3) is 0.778. The number of thiocarbonyl (C=S) groups is 1. The molecule has 0 aromatic rings. The van der Waals surface area contributed by atoms with E-state index in [1.165, 1.54) is 0 Å². The fourth-order valence-corrected chi connectivity index (χ4v) is 2.48. The van der Waals surface area contributed by atoms with Crippen molar-refractivity contribution in [3.63, 3.8) is 0 Å². The Kier molecular flexibility index (Phi) is 2.58. The van der Waals surface area contributed by atoms with Crippen LogP contribution in [0.4, 0.5) is 0 Å². The molecule has 2 saturated heterocycles. The van der Waals surface area contributed by atoms with Gasteiger partial charge in [0.2, 0.25) is 5.91 Å². The maximum Gasteiger partial charge on any atom is 0.220 e. The van der Waals surface area contributed by atoms with Gasteiger partial charge in [-0.25, -0.2) is 0 Å². The number of carbonyl (C=O) groups is 1. The number of carbonyl (C=O) groups excluding carboxylic acids is 1. The van der Waals surface area contributed by atoms with Crippen molar-refractivity contribution in [2.75, 3.05) is 13.1 Å². The molecule has 0 aliphatic carbocycles. The largest absolute Gasteiger partial charge is 0.376 e. The Morgan fingerprint density at radius 3 is 3.07 bits per heavy atom. The van der Waals surface area contributed by atoms with Crippen molar-refractivity contribution in [3.05, 3.63) is 0 Å². The van der Waals surface area contributed by atoms with Crippen LogP contribution >= 0.6 is 12.2 Å². The van der Waals surface area contributed by atoms with Crippen molar-refractivity contribution in [3.8, 4) is 0 Å². The van der Waals surface area contributed by atoms with Gasteiger partial charge in [-0.15, -0.1) is 0 Å². The zero-order valence-corrected chi connectivity index (χ0v) is 8.85. The van der Waals surface area contributed by atoms with E-state index in [-0.39, 0.29) is 5.91 Å². The number of nitrogens with zero attached hydrogens (tertiary/aromatic N) is 1. The monoisotopic (exact) mass is 213 g/mol. The molecule has 1 amide bonds. The lowest BCUT2D eigenvalue weighted by molar-refractivity contribution is -0.125. The summed E-state index contributed by atoms with van der Waals surface area (Å²) in [7, 11) is 0. The summed E-state index contributed by atoms with van der Waals surface area (Å²) >= 11 is 4.95. The van der Waals surface area contributed by atoms with Gasteiger partial charge in [-0.3, -0.25) is 4.79 Å². The first-order valence-electron chi connectivity index (χ1n) is 5.00. The highest BCUT2D eigenvalue weighted by Crippen LogP contribution is 2.24. The minimum absolute atomic E-state index is 0.190. The number of hydrogen-bond donors (Lipinski definition) is 2. The number of nitrogens with one attached hydrogen (secondary N) is 1. The maximum atomic E-state index is 11.2. The quantitative estimate of drug-likeness (QED) is 0.549. The van der Waals surface area contributed by atoms with Crippen LogP contribution in [0.1, 0.15) is 19.3 Å². The maximum absolute atomic E-state index is 11.2. The predicted molar refractivity (Wildman–Crippen MR) is 57.6 cm³/mol. The Morgan fingerprint density at radius 1 is 1.57 bits per heavy atom. The van der Waals surface area contributed by atoms with E-state index in [0.29, 0.717) is 23.5 Å². The molecule has 0 spiro atoms. The van der Waals surface area contributed by atoms with Crippen LogP contribution in [0.25, 0.3) is 0 Å². The summed E-state index contributed by atoms with van der Waals surface area (Å²) in [6.45, 7) is 1.77. The molecule has 2 rings (SSSR count). The van der Waals surface area contributed by atoms with E-state index in [4.69, 9.17) is 18.0 Å². The third kappa shape index (κ3) is 1.82. The number of likely N-dealkylation sites (tertiary alicyclic amines) is 1. The Hall–Kier alpha value is -0.840. The molecule has 2 aliphatic rings. The molecular formula is C9H15N3OS. The van der Waals surface area contributed by atoms with Crippen LogP contribution in [0.5, 0.6) is 0 Å². The SMILES string of the molecule is NC(=S)N1CCC2NC(=O)CCC2C1. The summed E-state index contributed by atoms with van der Waals surface area (Å²) in [5.41, 5.74) is 5.59. The molecule has 2 heterocycles. The molecule has 5 heteroatoms. The van der Waals surface area contributed by atoms with Crippen LogP contribution in [-0.4, -0.2) is 35.1 Å². The number of amides is 1. The molecule has 0 radical (unpaired) electrons. The van der Waals surface area contributed by atoms with E-state index in [1.807, 2.05) is 4.90 Å². The first-order valence-corrected chi connectivity index (χ1v) is 5.41. The average molecular weight is 213 g/mol. The number of nitrogens with two attached hydrogens (primary N) is 1. The van der Waals surface area contributed by atoms with Gasteiger partial charge in [-0.1, -0.05) is 0 Å². The molecule has 2 aliphatic heterocycles. The second kappa shape index (κ2) is 3.73. The van der Waals surface area contributed by atoms with Gasteiger partial charge < -0.3 is 16.0 Å². The predicted octanol–water partition coefficient (Wildman–Crippen LogP) is -0.170. The fourth-order valence-electron chi connectivity index (χ4n) is 2.31. The Balaban J connectivity index is 1.98. The molecule has 0 saturated carbocycles. The smallest absolute Gasteiger partial charge is 0.220 e. The van der Waals surface area contributed by atoms with E-state index in [0.717, 1.165) is 25.9 Å². The Morgan fingerprint density at radius 2 is 2.36 bits per heavy atom. The summed E-state index contributed by atoms with van der Waals surface area (Å²) < 4.78 is 0. The van der Waals surface area contributed by atoms with Crippen molar-refractivity contribution in [1.82, 2.24) is 10.2 Å². The van der Waals surface area contributed by atoms with Crippen molar-refractivity contribution < 1.29 is 4.79 Å². The first kappa shape index (κ1) is 9.71. The number of rotatable bonds is 0. The number of hydrogen-bond acceptors (Lipinski definition) is 2. The summed E-state index contributed by atoms with van der Waals surface area (Å²) in [6, 6.07) is 0.349. The van der Waals surface area contributed by atoms with Crippen molar-refractivity contribution in [2.45, 2.75) is 25.3 Å². The zero-order valence-electron chi connectivity index (χ0n) is 8.03. The molecular weight excluding hydrogens is 198 g/mol. The topological polar surface area (TPSA) is 58.4 Å². The molecule has 14 heavy (non-hydrogen) atoms. The molecule has 0 bridgehead atoms. The lowest BCUT2D eigenvalue weighted by Crippen LogP contribution is -2.55. The highest BCUT2D eigenvalue weighted by Gasteiger charge is 2.33. The Labute approximate surface area is 88.8 Å². The molecule has 2 unspecified atom stereocenters. The van der Waals surface area contributed by atoms with E-state index in [1.54, 1.807) is 0 Å². The molecule has 4 nitrogen and oxygen atoms in total. The van der Waals surface area contributed by atoms with Crippen LogP contribution in [0.15, 0.2) is 0 Å². The highest BCUT2D eigenvalue weighted by atomic mass is 32.1. The molecule has 2 fully saturated rings. The van der Waals surface area contributed by atoms with Gasteiger partial charge in [-0.2, -0.15) is 0 Å². The van der Waals surface area contributed by atoms with Crippen LogP contribution in [0, 0.1) is 5.92 Å². The van der Waals surface area contributed by atoms with Gasteiger partial charge in [0.05, 0.1) is 0 Å². The van der Waals surface area contributed by atoms with Crippen LogP contribution < -0.4 is 11.1 Å². The molecule has 2 atom stereocenters. The second-order valence-corrected chi connectivity index (χ2v) is 4.46. The van der Waals surface area contributed by atoms with Gasteiger partial charge in [0, 0.05) is 25.6 Å². The lowest BCUT2D eigenvalue weighted by atomic mass is 9.85. The number of piperidine rings is 2. The average Bonchev–Trinajstić information content (AvgIpc) is 2.16. The van der Waals surface area contributed by atoms with E-state index < -0.39 is 0 Å². The highest BCUT2D eigenvalue weighted by molar-refractivity contribution is 7.80. The van der Waals surface area contributed by atoms with E-state index in [9.17, 15) is 4.79 Å². The molecule has 0 aromatic carbocycles. The summed E-state index contributed by atoms with van der Waals surface area (Å²) in [6.07, 6.45) is 2.58. The van der Waals surface area contributed by atoms with Crippen molar-refractivity contribution >= 4 is 23.2 Å². The normalized spacial score (nSPS) is 32.0. The zero-order chi connectivity index (χ0) is 10.1. The van der Waals surface area contributed by atoms with Crippen LogP contribution in [0.2, 0.25) is 0 Å². The molecule has 78 valence electrons. The first-order chi connectivity index (χ1) is 6.66. The second-order valence-electron chi connectivity index (χ2n) is 4.05. The van der Waals surface area contributed by atoms with Gasteiger partial charge in [-0.05, 0) is 31.0 Å². The minimum atomic E-state index is 0.190. The van der Waals surface area contributed by atoms with Crippen LogP contribution in [0.3, 0.4) is 0 Å². The van der Waals surface area contributed by atoms with Crippen LogP contribution in [-0.2, 0) is 4.79 Å². The van der Waals surface area contributed by atoms with E-state index >= 15 is 0 Å². The van der Waals surface area contributed by atoms with Gasteiger partial charge in [0.1, 0.15) is 0 Å². The van der Waals surface area contributed by atoms with Crippen molar-refractivity contribution in [2.24, 2.45) is 11.7 Å². The van der Waals surface area contributed by atoms with Gasteiger partial charge >= 0.3 is 0 Å². The summed E-state index contributed by atoms with van der Waals surface area (Å²) in [5.74, 6) is 0.720. The third-order valence-electron chi connectivity index (χ3n) is 3.13. The molecule has 3 N–H and O–H groups in total. The van der Waals surface area contributed by atoms with E-state index in [2.05, 4.69) is 5.32 Å². The van der Waals surface area contributed by atoms with Gasteiger partial charge in [0.15, 0.2) is 5.11 Å². The third-order valence-corrected chi connectivity index (χ3v) is 3.39. The Bertz CT molecular complexity index is 269. The minimum Gasteiger partial charge on any atom is -0.376 e.